The van der Waals surface area contributed by atoms with Crippen LogP contribution in [0.25, 0.3) is 22.2 Å². The Hall–Kier alpha value is -3.66. The monoisotopic (exact) mass is 755 g/mol. The highest BCUT2D eigenvalue weighted by Gasteiger charge is 2.77. The minimum absolute atomic E-state index is 0.0177. The molecule has 3 aliphatic heterocycles. The van der Waals surface area contributed by atoms with Crippen molar-refractivity contribution in [3.8, 4) is 23.1 Å². The second-order valence-corrected chi connectivity index (χ2v) is 14.9. The molecule has 5 heterocycles. The molecule has 3 atom stereocenters. The molecule has 3 aromatic rings. The molecule has 292 valence electrons. The third-order valence-electron chi connectivity index (χ3n) is 11.3. The zero-order valence-electron chi connectivity index (χ0n) is 31.2. The van der Waals surface area contributed by atoms with Crippen LogP contribution in [0.15, 0.2) is 6.07 Å². The molecule has 4 fully saturated rings. The summed E-state index contributed by atoms with van der Waals surface area (Å²) in [4.78, 5) is 19.7. The summed E-state index contributed by atoms with van der Waals surface area (Å²) in [6, 6.07) is 0.745. The SMILES string of the molecule is CC.CCOc1nc(-c2cc(N)c(F)c(C)c2C(F)(F)F)c(F)c2nc(OCC34CCCN3CC3(C4)CC3(F)F)nc(N3CCN(C(C)C)C(C)C3)c12. The van der Waals surface area contributed by atoms with Crippen molar-refractivity contribution < 1.29 is 40.2 Å². The number of nitrogen functional groups attached to an aromatic ring is 1. The highest BCUT2D eigenvalue weighted by atomic mass is 19.4. The molecule has 1 spiro atoms. The van der Waals surface area contributed by atoms with Crippen molar-refractivity contribution in [3.63, 3.8) is 0 Å². The quantitative estimate of drug-likeness (QED) is 0.182. The Balaban J connectivity index is 0.00000236. The largest absolute Gasteiger partial charge is 0.477 e. The first-order valence-corrected chi connectivity index (χ1v) is 18.4. The summed E-state index contributed by atoms with van der Waals surface area (Å²) >= 11 is 0. The Morgan fingerprint density at radius 1 is 1.02 bits per heavy atom. The number of halogens is 7. The van der Waals surface area contributed by atoms with Gasteiger partial charge in [0.2, 0.25) is 5.88 Å². The maximum Gasteiger partial charge on any atom is 0.417 e. The van der Waals surface area contributed by atoms with E-state index in [1.807, 2.05) is 30.6 Å². The van der Waals surface area contributed by atoms with Gasteiger partial charge >= 0.3 is 12.2 Å². The van der Waals surface area contributed by atoms with Crippen LogP contribution in [0.1, 0.15) is 78.4 Å². The van der Waals surface area contributed by atoms with Crippen LogP contribution in [0.5, 0.6) is 11.9 Å². The lowest BCUT2D eigenvalue weighted by molar-refractivity contribution is -0.137. The fraction of sp³-hybridized carbons (Fsp3) is 0.649. The van der Waals surface area contributed by atoms with Gasteiger partial charge < -0.3 is 20.1 Å². The summed E-state index contributed by atoms with van der Waals surface area (Å²) in [6.45, 7) is 15.2. The van der Waals surface area contributed by atoms with Gasteiger partial charge in [0.15, 0.2) is 5.82 Å². The van der Waals surface area contributed by atoms with Gasteiger partial charge in [0, 0.05) is 50.2 Å². The predicted octanol–water partition coefficient (Wildman–Crippen LogP) is 7.87. The fourth-order valence-electron chi connectivity index (χ4n) is 8.77. The van der Waals surface area contributed by atoms with Gasteiger partial charge in [-0.2, -0.15) is 23.1 Å². The standard InChI is InChI=1S/C35H42F7N7O2.C2H6/c1-6-50-30-23-28(26(37)27(44-30)21-12-22(43)25(36)20(5)24(21)35(40,41)42)45-31(46-29(23)47-10-11-49(18(2)3)19(4)13-47)51-17-33-8-7-9-48(33)16-32(14-33)15-34(32,38)39;1-2/h12,18-19H,6-11,13-17,43H2,1-5H3;1-2H3. The van der Waals surface area contributed by atoms with E-state index in [1.165, 1.54) is 0 Å². The molecule has 1 aromatic carbocycles. The van der Waals surface area contributed by atoms with Crippen molar-refractivity contribution in [2.24, 2.45) is 5.41 Å². The first kappa shape index (κ1) is 39.0. The Morgan fingerprint density at radius 3 is 2.32 bits per heavy atom. The van der Waals surface area contributed by atoms with E-state index >= 15 is 4.39 Å². The predicted molar refractivity (Wildman–Crippen MR) is 189 cm³/mol. The molecule has 2 N–H and O–H groups in total. The summed E-state index contributed by atoms with van der Waals surface area (Å²) in [5.41, 5.74) is -0.824. The van der Waals surface area contributed by atoms with Crippen LogP contribution < -0.4 is 20.1 Å². The van der Waals surface area contributed by atoms with Gasteiger partial charge in [-0.1, -0.05) is 13.8 Å². The van der Waals surface area contributed by atoms with Crippen LogP contribution >= 0.6 is 0 Å². The van der Waals surface area contributed by atoms with Crippen LogP contribution in [-0.2, 0) is 6.18 Å². The molecule has 0 bridgehead atoms. The first-order chi connectivity index (χ1) is 24.9. The maximum atomic E-state index is 16.9. The van der Waals surface area contributed by atoms with E-state index in [4.69, 9.17) is 20.2 Å². The van der Waals surface area contributed by atoms with Crippen molar-refractivity contribution in [1.29, 1.82) is 0 Å². The summed E-state index contributed by atoms with van der Waals surface area (Å²) in [5, 5.41) is 0.0362. The zero-order chi connectivity index (χ0) is 38.8. The van der Waals surface area contributed by atoms with E-state index in [1.54, 1.807) is 6.92 Å². The molecule has 3 unspecified atom stereocenters. The van der Waals surface area contributed by atoms with E-state index in [2.05, 4.69) is 28.7 Å². The third-order valence-corrected chi connectivity index (χ3v) is 11.3. The van der Waals surface area contributed by atoms with Gasteiger partial charge in [0.05, 0.1) is 28.8 Å². The van der Waals surface area contributed by atoms with Crippen molar-refractivity contribution in [3.05, 3.63) is 28.8 Å². The van der Waals surface area contributed by atoms with Crippen molar-refractivity contribution in [1.82, 2.24) is 24.8 Å². The Morgan fingerprint density at radius 2 is 1.72 bits per heavy atom. The third kappa shape index (κ3) is 6.61. The van der Waals surface area contributed by atoms with Gasteiger partial charge in [-0.05, 0) is 72.1 Å². The number of rotatable bonds is 8. The number of anilines is 2. The van der Waals surface area contributed by atoms with Gasteiger partial charge in [-0.15, -0.1) is 0 Å². The molecule has 0 radical (unpaired) electrons. The van der Waals surface area contributed by atoms with Crippen LogP contribution in [0.4, 0.5) is 42.2 Å². The van der Waals surface area contributed by atoms with E-state index in [-0.39, 0.29) is 67.8 Å². The average molecular weight is 756 g/mol. The normalized spacial score (nSPS) is 25.6. The average Bonchev–Trinajstić information content (AvgIpc) is 3.30. The molecule has 16 heteroatoms. The lowest BCUT2D eigenvalue weighted by Crippen LogP contribution is -2.54. The van der Waals surface area contributed by atoms with E-state index in [9.17, 15) is 26.3 Å². The molecule has 7 rings (SSSR count). The summed E-state index contributed by atoms with van der Waals surface area (Å²) in [7, 11) is 0. The molecular formula is C37H48F7N7O2. The van der Waals surface area contributed by atoms with E-state index in [0.717, 1.165) is 13.3 Å². The van der Waals surface area contributed by atoms with E-state index < -0.39 is 68.3 Å². The second-order valence-electron chi connectivity index (χ2n) is 14.9. The van der Waals surface area contributed by atoms with Gasteiger partial charge in [0.1, 0.15) is 34.8 Å². The molecule has 4 aliphatic rings. The number of nitrogens with zero attached hydrogens (tertiary/aromatic N) is 6. The zero-order valence-corrected chi connectivity index (χ0v) is 31.2. The summed E-state index contributed by atoms with van der Waals surface area (Å²) < 4.78 is 116. The molecule has 53 heavy (non-hydrogen) atoms. The number of benzene rings is 1. The molecule has 9 nitrogen and oxygen atoms in total. The minimum Gasteiger partial charge on any atom is -0.477 e. The first-order valence-electron chi connectivity index (χ1n) is 18.4. The van der Waals surface area contributed by atoms with Gasteiger partial charge in [-0.25, -0.2) is 22.5 Å². The van der Waals surface area contributed by atoms with Gasteiger partial charge in [-0.3, -0.25) is 9.80 Å². The molecule has 1 aliphatic carbocycles. The van der Waals surface area contributed by atoms with Crippen LogP contribution in [0.3, 0.4) is 0 Å². The van der Waals surface area contributed by atoms with Crippen LogP contribution in [0.2, 0.25) is 0 Å². The second kappa shape index (κ2) is 13.9. The Labute approximate surface area is 305 Å². The number of pyridine rings is 1. The van der Waals surface area contributed by atoms with Crippen molar-refractivity contribution >= 4 is 22.4 Å². The number of hydrogen-bond acceptors (Lipinski definition) is 9. The Bertz CT molecular complexity index is 1880. The molecular weight excluding hydrogens is 707 g/mol. The smallest absolute Gasteiger partial charge is 0.417 e. The topological polar surface area (TPSA) is 92.9 Å². The summed E-state index contributed by atoms with van der Waals surface area (Å²) in [5.74, 6) is -5.25. The highest BCUT2D eigenvalue weighted by Crippen LogP contribution is 2.69. The van der Waals surface area contributed by atoms with E-state index in [0.29, 0.717) is 38.7 Å². The van der Waals surface area contributed by atoms with Crippen LogP contribution in [-0.4, -0.2) is 94.2 Å². The lowest BCUT2D eigenvalue weighted by Gasteiger charge is -2.42. The number of alkyl halides is 5. The number of ether oxygens (including phenoxy) is 2. The van der Waals surface area contributed by atoms with Crippen molar-refractivity contribution in [2.45, 2.75) is 104 Å². The molecule has 2 aromatic heterocycles. The number of aromatic nitrogens is 3. The Kier molecular flexibility index (Phi) is 10.2. The molecule has 3 saturated heterocycles. The van der Waals surface area contributed by atoms with Crippen LogP contribution in [0, 0.1) is 24.0 Å². The number of nitrogens with two attached hydrogens (primary N) is 1. The number of hydrogen-bond donors (Lipinski definition) is 1. The number of fused-ring (bicyclic) bond motifs is 2. The van der Waals surface area contributed by atoms with Crippen molar-refractivity contribution in [2.75, 3.05) is 56.6 Å². The molecule has 0 amide bonds. The summed E-state index contributed by atoms with van der Waals surface area (Å²) in [6.07, 6.45) is -3.60. The lowest BCUT2D eigenvalue weighted by atomic mass is 9.89. The number of piperazine rings is 1. The highest BCUT2D eigenvalue weighted by molar-refractivity contribution is 5.97. The fourth-order valence-corrected chi connectivity index (χ4v) is 8.77. The maximum absolute atomic E-state index is 16.9. The van der Waals surface area contributed by atoms with Gasteiger partial charge in [0.25, 0.3) is 5.92 Å². The minimum atomic E-state index is -5.09. The molecule has 1 saturated carbocycles.